The van der Waals surface area contributed by atoms with E-state index in [0.717, 1.165) is 0 Å². The van der Waals surface area contributed by atoms with E-state index in [-0.39, 0.29) is 76.2 Å². The van der Waals surface area contributed by atoms with Crippen LogP contribution < -0.4 is 0 Å². The summed E-state index contributed by atoms with van der Waals surface area (Å²) < 4.78 is 0. The molecule has 0 rings (SSSR count). The Kier molecular flexibility index (Phi) is 17.7. The average Bonchev–Trinajstić information content (AvgIpc) is 1.82. The van der Waals surface area contributed by atoms with Gasteiger partial charge in [0.05, 0.1) is 12.8 Å². The molecule has 16 heavy (non-hydrogen) atoms. The minimum absolute atomic E-state index is 0. The Morgan fingerprint density at radius 3 is 1.25 bits per heavy atom. The van der Waals surface area contributed by atoms with E-state index >= 15 is 0 Å². The van der Waals surface area contributed by atoms with Gasteiger partial charge in [0, 0.05) is 17.1 Å². The van der Waals surface area contributed by atoms with Crippen molar-refractivity contribution < 1.29 is 51.9 Å². The second-order valence-electron chi connectivity index (χ2n) is 2.48. The van der Waals surface area contributed by atoms with Gasteiger partial charge in [0.1, 0.15) is 0 Å². The number of hydrogen-bond acceptors (Lipinski definition) is 4. The molecule has 7 nitrogen and oxygen atoms in total. The Labute approximate surface area is 146 Å². The summed E-state index contributed by atoms with van der Waals surface area (Å²) in [4.78, 5) is 30.5. The van der Waals surface area contributed by atoms with E-state index in [2.05, 4.69) is 0 Å². The fraction of sp³-hybridized carbons (Fsp3) is 0.500. The van der Waals surface area contributed by atoms with Crippen LogP contribution in [0.15, 0.2) is 0 Å². The molecule has 4 N–H and O–H groups in total. The zero-order chi connectivity index (χ0) is 10.6. The number of carbonyl (C=O) groups is 3. The van der Waals surface area contributed by atoms with Crippen molar-refractivity contribution >= 4 is 77.0 Å². The molecule has 0 aromatic carbocycles. The molecule has 10 heteroatoms. The van der Waals surface area contributed by atoms with E-state index in [4.69, 9.17) is 20.4 Å². The van der Waals surface area contributed by atoms with E-state index < -0.39 is 36.4 Å². The van der Waals surface area contributed by atoms with Crippen molar-refractivity contribution in [2.45, 2.75) is 18.4 Å². The summed E-state index contributed by atoms with van der Waals surface area (Å²) in [6.45, 7) is 0. The summed E-state index contributed by atoms with van der Waals surface area (Å²) in [6, 6.07) is 0. The first-order valence-corrected chi connectivity index (χ1v) is 3.17. The van der Waals surface area contributed by atoms with Gasteiger partial charge in [-0.05, 0) is 0 Å². The maximum atomic E-state index is 10.3. The third-order valence-electron chi connectivity index (χ3n) is 1.29. The van der Waals surface area contributed by atoms with Gasteiger partial charge in [0.2, 0.25) is 0 Å². The van der Waals surface area contributed by atoms with Gasteiger partial charge < -0.3 is 20.4 Å². The van der Waals surface area contributed by atoms with E-state index in [9.17, 15) is 14.4 Å². The molecule has 0 aliphatic rings. The van der Waals surface area contributed by atoms with Crippen molar-refractivity contribution in [2.75, 3.05) is 0 Å². The van der Waals surface area contributed by atoms with Crippen molar-refractivity contribution in [2.24, 2.45) is 0 Å². The Bertz CT molecular complexity index is 241. The number of aliphatic carboxylic acids is 3. The summed E-state index contributed by atoms with van der Waals surface area (Å²) >= 11 is 0. The number of carboxylic acid groups (broad SMARTS) is 3. The monoisotopic (exact) mass is 303 g/mol. The summed E-state index contributed by atoms with van der Waals surface area (Å²) in [7, 11) is 0. The molecule has 0 aliphatic heterocycles. The Morgan fingerprint density at radius 2 is 1.12 bits per heavy atom. The second kappa shape index (κ2) is 11.0. The van der Waals surface area contributed by atoms with Gasteiger partial charge in [-0.1, -0.05) is 0 Å². The third kappa shape index (κ3) is 10.1. The molecule has 1 radical (unpaired) electrons. The molecule has 0 fully saturated rings. The molecule has 0 heterocycles. The molecule has 89 valence electrons. The van der Waals surface area contributed by atoms with Crippen molar-refractivity contribution in [3.8, 4) is 0 Å². The first-order chi connectivity index (χ1) is 5.78. The fourth-order valence-corrected chi connectivity index (χ4v) is 0.714. The molecule has 0 atom stereocenters. The number of rotatable bonds is 5. The predicted molar refractivity (Wildman–Crippen MR) is 51.4 cm³/mol. The summed E-state index contributed by atoms with van der Waals surface area (Å²) in [5.74, 6) is -5.02. The average molecular weight is 304 g/mol. The van der Waals surface area contributed by atoms with Crippen LogP contribution in [0, 0.1) is 0 Å². The van der Waals surface area contributed by atoms with Crippen LogP contribution in [0.25, 0.3) is 0 Å². The van der Waals surface area contributed by atoms with Crippen molar-refractivity contribution in [3.05, 3.63) is 0 Å². The molecule has 0 saturated carbocycles. The van der Waals surface area contributed by atoms with Crippen LogP contribution in [0.3, 0.4) is 0 Å². The maximum absolute atomic E-state index is 10.3. The van der Waals surface area contributed by atoms with Crippen LogP contribution in [-0.2, 0) is 31.5 Å². The Balaban J connectivity index is -0.000000240. The fourth-order valence-electron chi connectivity index (χ4n) is 0.714. The van der Waals surface area contributed by atoms with Gasteiger partial charge in [-0.15, -0.1) is 0 Å². The second-order valence-corrected chi connectivity index (χ2v) is 2.48. The SMILES string of the molecule is O=C(O)CC(O)(CC(=O)O)C(=O)O.[Cu].[NaH].[NaH]. The van der Waals surface area contributed by atoms with Crippen LogP contribution in [0.5, 0.6) is 0 Å². The molecule has 0 aromatic rings. The standard InChI is InChI=1S/C6H8O7.Cu.2Na.2H/c7-3(8)1-6(13,5(11)12)2-4(9)10;;;;;/h13H,1-2H2,(H,7,8)(H,9,10)(H,11,12);;;;;. The van der Waals surface area contributed by atoms with Crippen molar-refractivity contribution in [1.29, 1.82) is 0 Å². The predicted octanol–water partition coefficient (Wildman–Crippen LogP) is -2.55. The van der Waals surface area contributed by atoms with E-state index in [1.165, 1.54) is 0 Å². The molecule has 0 aliphatic carbocycles. The topological polar surface area (TPSA) is 132 Å². The minimum atomic E-state index is -2.74. The zero-order valence-electron chi connectivity index (χ0n) is 6.73. The van der Waals surface area contributed by atoms with Crippen LogP contribution >= 0.6 is 0 Å². The molecule has 0 amide bonds. The normalized spacial score (nSPS) is 8.81. The molecule has 0 bridgehead atoms. The number of hydrogen-bond donors (Lipinski definition) is 4. The van der Waals surface area contributed by atoms with Gasteiger partial charge in [0.15, 0.2) is 5.60 Å². The molecule has 0 saturated heterocycles. The van der Waals surface area contributed by atoms with Gasteiger partial charge >= 0.3 is 77.0 Å². The van der Waals surface area contributed by atoms with Crippen LogP contribution in [-0.4, -0.2) is 103 Å². The molecule has 0 spiro atoms. The quantitative estimate of drug-likeness (QED) is 0.411. The Morgan fingerprint density at radius 1 is 0.875 bits per heavy atom. The summed E-state index contributed by atoms with van der Waals surface area (Å²) in [5.41, 5.74) is -2.74. The first-order valence-electron chi connectivity index (χ1n) is 3.17. The van der Waals surface area contributed by atoms with Crippen molar-refractivity contribution in [1.82, 2.24) is 0 Å². The van der Waals surface area contributed by atoms with Crippen molar-refractivity contribution in [3.63, 3.8) is 0 Å². The van der Waals surface area contributed by atoms with E-state index in [0.29, 0.717) is 0 Å². The number of carboxylic acids is 3. The Hall–Kier alpha value is 0.889. The van der Waals surface area contributed by atoms with Gasteiger partial charge in [-0.3, -0.25) is 9.59 Å². The third-order valence-corrected chi connectivity index (χ3v) is 1.29. The van der Waals surface area contributed by atoms with Gasteiger partial charge in [-0.2, -0.15) is 0 Å². The van der Waals surface area contributed by atoms with Gasteiger partial charge in [0.25, 0.3) is 0 Å². The van der Waals surface area contributed by atoms with E-state index in [1.54, 1.807) is 0 Å². The zero-order valence-corrected chi connectivity index (χ0v) is 7.67. The molecule has 0 unspecified atom stereocenters. The summed E-state index contributed by atoms with van der Waals surface area (Å²) in [5, 5.41) is 33.8. The summed E-state index contributed by atoms with van der Waals surface area (Å²) in [6.07, 6.45) is -2.29. The molecular formula is C6H10CuNa2O7. The number of aliphatic hydroxyl groups is 1. The van der Waals surface area contributed by atoms with E-state index in [1.807, 2.05) is 0 Å². The first kappa shape index (κ1) is 25.7. The van der Waals surface area contributed by atoms with Crippen LogP contribution in [0.4, 0.5) is 0 Å². The molecule has 0 aromatic heterocycles. The molecular weight excluding hydrogens is 294 g/mol. The van der Waals surface area contributed by atoms with Crippen LogP contribution in [0.1, 0.15) is 12.8 Å². The van der Waals surface area contributed by atoms with Gasteiger partial charge in [-0.25, -0.2) is 4.79 Å². The van der Waals surface area contributed by atoms with Crippen LogP contribution in [0.2, 0.25) is 0 Å².